The summed E-state index contributed by atoms with van der Waals surface area (Å²) in [6.07, 6.45) is 1.64. The first-order valence-electron chi connectivity index (χ1n) is 5.43. The van der Waals surface area contributed by atoms with Crippen LogP contribution in [0.25, 0.3) is 10.2 Å². The Morgan fingerprint density at radius 3 is 3.12 bits per heavy atom. The van der Waals surface area contributed by atoms with Gasteiger partial charge in [0.25, 0.3) is 0 Å². The smallest absolute Gasteiger partial charge is 0.140 e. The largest absolute Gasteiger partial charge is 0.358 e. The highest BCUT2D eigenvalue weighted by molar-refractivity contribution is 7.16. The van der Waals surface area contributed by atoms with Gasteiger partial charge in [0.05, 0.1) is 5.39 Å². The number of nitrogens with one attached hydrogen (secondary N) is 1. The van der Waals surface area contributed by atoms with Crippen molar-refractivity contribution in [1.29, 1.82) is 0 Å². The van der Waals surface area contributed by atoms with Gasteiger partial charge < -0.3 is 10.2 Å². The van der Waals surface area contributed by atoms with Crippen molar-refractivity contribution in [3.05, 3.63) is 17.8 Å². The van der Waals surface area contributed by atoms with Gasteiger partial charge in [-0.2, -0.15) is 0 Å². The highest BCUT2D eigenvalue weighted by Crippen LogP contribution is 2.25. The van der Waals surface area contributed by atoms with Crippen molar-refractivity contribution in [2.45, 2.75) is 6.92 Å². The molecular formula is C11H16N4S. The molecule has 1 N–H and O–H groups in total. The summed E-state index contributed by atoms with van der Waals surface area (Å²) >= 11 is 1.65. The van der Waals surface area contributed by atoms with Crippen molar-refractivity contribution in [2.24, 2.45) is 0 Å². The summed E-state index contributed by atoms with van der Waals surface area (Å²) in [4.78, 5) is 11.8. The monoisotopic (exact) mass is 236 g/mol. The lowest BCUT2D eigenvalue weighted by Gasteiger charge is -2.18. The van der Waals surface area contributed by atoms with Gasteiger partial charge in [0, 0.05) is 20.1 Å². The van der Waals surface area contributed by atoms with Gasteiger partial charge in [-0.3, -0.25) is 0 Å². The molecule has 2 aromatic rings. The summed E-state index contributed by atoms with van der Waals surface area (Å²) in [5.74, 6) is 1.02. The van der Waals surface area contributed by atoms with E-state index in [9.17, 15) is 0 Å². The zero-order valence-electron chi connectivity index (χ0n) is 9.60. The molecule has 0 fully saturated rings. The van der Waals surface area contributed by atoms with Gasteiger partial charge in [-0.05, 0) is 18.0 Å². The molecular weight excluding hydrogens is 220 g/mol. The minimum Gasteiger partial charge on any atom is -0.358 e. The Kier molecular flexibility index (Phi) is 3.69. The molecule has 0 unspecified atom stereocenters. The van der Waals surface area contributed by atoms with Crippen LogP contribution in [-0.4, -0.2) is 36.6 Å². The standard InChI is InChI=1S/C11H16N4S/c1-3-12-5-6-15(2)10-9-4-7-16-11(9)14-8-13-10/h4,7-8,12H,3,5-6H2,1-2H3. The Morgan fingerprint density at radius 1 is 1.44 bits per heavy atom. The van der Waals surface area contributed by atoms with Gasteiger partial charge in [0.1, 0.15) is 17.0 Å². The SMILES string of the molecule is CCNCCN(C)c1ncnc2sccc12. The van der Waals surface area contributed by atoms with Crippen LogP contribution in [0.2, 0.25) is 0 Å². The van der Waals surface area contributed by atoms with E-state index in [4.69, 9.17) is 0 Å². The predicted octanol–water partition coefficient (Wildman–Crippen LogP) is 1.74. The van der Waals surface area contributed by atoms with E-state index in [1.807, 2.05) is 0 Å². The first kappa shape index (κ1) is 11.3. The molecule has 4 nitrogen and oxygen atoms in total. The second-order valence-electron chi connectivity index (χ2n) is 3.61. The molecule has 0 bridgehead atoms. The van der Waals surface area contributed by atoms with E-state index in [0.29, 0.717) is 0 Å². The number of rotatable bonds is 5. The van der Waals surface area contributed by atoms with Gasteiger partial charge in [-0.25, -0.2) is 9.97 Å². The minimum atomic E-state index is 0.954. The highest BCUT2D eigenvalue weighted by atomic mass is 32.1. The lowest BCUT2D eigenvalue weighted by Crippen LogP contribution is -2.29. The number of hydrogen-bond acceptors (Lipinski definition) is 5. The van der Waals surface area contributed by atoms with Crippen LogP contribution in [0.15, 0.2) is 17.8 Å². The first-order valence-corrected chi connectivity index (χ1v) is 6.31. The Hall–Kier alpha value is -1.20. The van der Waals surface area contributed by atoms with Crippen LogP contribution < -0.4 is 10.2 Å². The molecule has 0 aliphatic rings. The maximum Gasteiger partial charge on any atom is 0.140 e. The second kappa shape index (κ2) is 5.23. The van der Waals surface area contributed by atoms with Crippen molar-refractivity contribution in [2.75, 3.05) is 31.6 Å². The van der Waals surface area contributed by atoms with E-state index in [1.165, 1.54) is 0 Å². The molecule has 0 aliphatic heterocycles. The predicted molar refractivity (Wildman–Crippen MR) is 69.2 cm³/mol. The summed E-state index contributed by atoms with van der Waals surface area (Å²) in [6.45, 7) is 5.05. The molecule has 0 saturated heterocycles. The Balaban J connectivity index is 2.15. The third kappa shape index (κ3) is 2.31. The maximum absolute atomic E-state index is 4.35. The number of hydrogen-bond donors (Lipinski definition) is 1. The van der Waals surface area contributed by atoms with Crippen LogP contribution in [0, 0.1) is 0 Å². The van der Waals surface area contributed by atoms with Gasteiger partial charge in [0.15, 0.2) is 0 Å². The molecule has 2 aromatic heterocycles. The summed E-state index contributed by atoms with van der Waals surface area (Å²) < 4.78 is 0. The number of aromatic nitrogens is 2. The van der Waals surface area contributed by atoms with Crippen LogP contribution in [0.5, 0.6) is 0 Å². The molecule has 86 valence electrons. The molecule has 0 amide bonds. The Morgan fingerprint density at radius 2 is 2.31 bits per heavy atom. The topological polar surface area (TPSA) is 41.0 Å². The molecule has 16 heavy (non-hydrogen) atoms. The summed E-state index contributed by atoms with van der Waals surface area (Å²) in [5, 5.41) is 6.51. The third-order valence-corrected chi connectivity index (χ3v) is 3.30. The van der Waals surface area contributed by atoms with Gasteiger partial charge in [-0.15, -0.1) is 11.3 Å². The van der Waals surface area contributed by atoms with Crippen LogP contribution in [-0.2, 0) is 0 Å². The zero-order valence-corrected chi connectivity index (χ0v) is 10.4. The van der Waals surface area contributed by atoms with E-state index in [-0.39, 0.29) is 0 Å². The molecule has 2 rings (SSSR count). The number of thiophene rings is 1. The van der Waals surface area contributed by atoms with E-state index in [1.54, 1.807) is 17.7 Å². The molecule has 0 spiro atoms. The van der Waals surface area contributed by atoms with Crippen molar-refractivity contribution in [3.8, 4) is 0 Å². The van der Waals surface area contributed by atoms with Crippen molar-refractivity contribution in [1.82, 2.24) is 15.3 Å². The fraction of sp³-hybridized carbons (Fsp3) is 0.455. The van der Waals surface area contributed by atoms with E-state index < -0.39 is 0 Å². The molecule has 0 saturated carbocycles. The minimum absolute atomic E-state index is 0.954. The number of likely N-dealkylation sites (N-methyl/N-ethyl adjacent to an activating group) is 2. The molecule has 2 heterocycles. The molecule has 5 heteroatoms. The van der Waals surface area contributed by atoms with Crippen molar-refractivity contribution >= 4 is 27.4 Å². The molecule has 0 aromatic carbocycles. The Labute approximate surface area is 99.3 Å². The molecule has 0 aliphatic carbocycles. The lowest BCUT2D eigenvalue weighted by molar-refractivity contribution is 0.703. The van der Waals surface area contributed by atoms with Gasteiger partial charge >= 0.3 is 0 Å². The summed E-state index contributed by atoms with van der Waals surface area (Å²) in [5.41, 5.74) is 0. The van der Waals surface area contributed by atoms with E-state index in [0.717, 1.165) is 35.7 Å². The third-order valence-electron chi connectivity index (χ3n) is 2.48. The average Bonchev–Trinajstić information content (AvgIpc) is 2.76. The highest BCUT2D eigenvalue weighted by Gasteiger charge is 2.08. The summed E-state index contributed by atoms with van der Waals surface area (Å²) in [6, 6.07) is 2.08. The maximum atomic E-state index is 4.35. The second-order valence-corrected chi connectivity index (χ2v) is 4.51. The van der Waals surface area contributed by atoms with Crippen LogP contribution in [0.1, 0.15) is 6.92 Å². The number of fused-ring (bicyclic) bond motifs is 1. The first-order chi connectivity index (χ1) is 7.83. The van der Waals surface area contributed by atoms with Crippen molar-refractivity contribution in [3.63, 3.8) is 0 Å². The normalized spacial score (nSPS) is 10.9. The summed E-state index contributed by atoms with van der Waals surface area (Å²) in [7, 11) is 2.07. The fourth-order valence-corrected chi connectivity index (χ4v) is 2.34. The van der Waals surface area contributed by atoms with E-state index in [2.05, 4.69) is 45.6 Å². The zero-order chi connectivity index (χ0) is 11.4. The fourth-order valence-electron chi connectivity index (χ4n) is 1.61. The molecule has 0 radical (unpaired) electrons. The Bertz CT molecular complexity index is 454. The van der Waals surface area contributed by atoms with Gasteiger partial charge in [0.2, 0.25) is 0 Å². The van der Waals surface area contributed by atoms with Crippen molar-refractivity contribution < 1.29 is 0 Å². The van der Waals surface area contributed by atoms with Crippen LogP contribution >= 0.6 is 11.3 Å². The lowest BCUT2D eigenvalue weighted by atomic mass is 10.3. The van der Waals surface area contributed by atoms with Gasteiger partial charge in [-0.1, -0.05) is 6.92 Å². The number of anilines is 1. The van der Waals surface area contributed by atoms with Crippen LogP contribution in [0.4, 0.5) is 5.82 Å². The number of nitrogens with zero attached hydrogens (tertiary/aromatic N) is 3. The molecule has 0 atom stereocenters. The quantitative estimate of drug-likeness (QED) is 0.803. The van der Waals surface area contributed by atoms with Crippen LogP contribution in [0.3, 0.4) is 0 Å². The van der Waals surface area contributed by atoms with E-state index >= 15 is 0 Å². The average molecular weight is 236 g/mol.